The van der Waals surface area contributed by atoms with Crippen LogP contribution in [0.4, 0.5) is 5.82 Å². The zero-order valence-corrected chi connectivity index (χ0v) is 13.8. The fourth-order valence-corrected chi connectivity index (χ4v) is 2.51. The molecule has 0 aliphatic heterocycles. The summed E-state index contributed by atoms with van der Waals surface area (Å²) in [5.41, 5.74) is 2.47. The van der Waals surface area contributed by atoms with E-state index in [0.29, 0.717) is 23.8 Å². The van der Waals surface area contributed by atoms with Crippen LogP contribution in [0.2, 0.25) is 0 Å². The molecule has 0 aromatic carbocycles. The van der Waals surface area contributed by atoms with E-state index in [9.17, 15) is 4.79 Å². The van der Waals surface area contributed by atoms with Gasteiger partial charge in [-0.15, -0.1) is 5.10 Å². The molecule has 0 bridgehead atoms. The minimum Gasteiger partial charge on any atom is -0.465 e. The fraction of sp³-hybridized carbons (Fsp3) is 0.294. The number of hydrogen-bond donors (Lipinski definition) is 0. The van der Waals surface area contributed by atoms with Crippen molar-refractivity contribution >= 4 is 29.0 Å². The van der Waals surface area contributed by atoms with E-state index in [1.807, 2.05) is 19.9 Å². The first-order valence-electron chi connectivity index (χ1n) is 7.66. The molecule has 0 aliphatic rings. The first kappa shape index (κ1) is 15.9. The topological polar surface area (TPSA) is 82.5 Å². The fourth-order valence-electron chi connectivity index (χ4n) is 2.51. The number of carbonyl (C=O) groups is 1. The molecule has 0 unspecified atom stereocenters. The molecule has 0 fully saturated rings. The summed E-state index contributed by atoms with van der Waals surface area (Å²) in [5.74, 6) is 0.765. The Morgan fingerprint density at radius 2 is 2.29 bits per heavy atom. The minimum atomic E-state index is -0.357. The Labute approximate surface area is 139 Å². The average molecular weight is 326 g/mol. The smallest absolute Gasteiger partial charge is 0.327 e. The van der Waals surface area contributed by atoms with E-state index in [1.54, 1.807) is 31.5 Å². The van der Waals surface area contributed by atoms with Crippen LogP contribution in [0.15, 0.2) is 33.9 Å². The molecule has 124 valence electrons. The van der Waals surface area contributed by atoms with Crippen molar-refractivity contribution in [1.82, 2.24) is 14.8 Å². The molecule has 0 saturated carbocycles. The van der Waals surface area contributed by atoms with Crippen LogP contribution in [-0.2, 0) is 16.1 Å². The van der Waals surface area contributed by atoms with Gasteiger partial charge in [0, 0.05) is 5.69 Å². The molecule has 0 aliphatic carbocycles. The second-order valence-electron chi connectivity index (χ2n) is 5.34. The number of pyridine rings is 1. The lowest BCUT2D eigenvalue weighted by atomic mass is 10.2. The van der Waals surface area contributed by atoms with Crippen LogP contribution in [0.1, 0.15) is 23.9 Å². The van der Waals surface area contributed by atoms with Crippen LogP contribution in [0, 0.1) is 13.8 Å². The summed E-state index contributed by atoms with van der Waals surface area (Å²) in [4.78, 5) is 20.7. The van der Waals surface area contributed by atoms with E-state index < -0.39 is 0 Å². The van der Waals surface area contributed by atoms with Gasteiger partial charge in [-0.25, -0.2) is 14.7 Å². The van der Waals surface area contributed by atoms with Crippen molar-refractivity contribution in [2.24, 2.45) is 4.99 Å². The quantitative estimate of drug-likeness (QED) is 0.532. The summed E-state index contributed by atoms with van der Waals surface area (Å²) in [5, 5.41) is 5.24. The van der Waals surface area contributed by atoms with Crippen LogP contribution < -0.4 is 0 Å². The highest BCUT2D eigenvalue weighted by Crippen LogP contribution is 2.28. The number of ether oxygens (including phenoxy) is 1. The van der Waals surface area contributed by atoms with E-state index in [4.69, 9.17) is 9.15 Å². The normalized spacial score (nSPS) is 11.5. The summed E-state index contributed by atoms with van der Waals surface area (Å²) in [6.07, 6.45) is 3.17. The minimum absolute atomic E-state index is 0.00347. The van der Waals surface area contributed by atoms with Crippen molar-refractivity contribution in [3.8, 4) is 0 Å². The monoisotopic (exact) mass is 326 g/mol. The predicted molar refractivity (Wildman–Crippen MR) is 89.6 cm³/mol. The number of rotatable bonds is 5. The molecule has 3 heterocycles. The number of aryl methyl sites for hydroxylation is 2. The van der Waals surface area contributed by atoms with Gasteiger partial charge < -0.3 is 9.15 Å². The largest absolute Gasteiger partial charge is 0.465 e. The molecule has 0 N–H and O–H groups in total. The third kappa shape index (κ3) is 3.19. The predicted octanol–water partition coefficient (Wildman–Crippen LogP) is 2.95. The molecule has 3 aromatic rings. The van der Waals surface area contributed by atoms with Gasteiger partial charge in [0.15, 0.2) is 11.5 Å². The van der Waals surface area contributed by atoms with Gasteiger partial charge in [-0.1, -0.05) is 0 Å². The van der Waals surface area contributed by atoms with Crippen molar-refractivity contribution < 1.29 is 13.9 Å². The Morgan fingerprint density at radius 1 is 1.46 bits per heavy atom. The maximum absolute atomic E-state index is 11.8. The van der Waals surface area contributed by atoms with Crippen molar-refractivity contribution in [2.75, 3.05) is 6.61 Å². The summed E-state index contributed by atoms with van der Waals surface area (Å²) >= 11 is 0. The molecular formula is C17H18N4O3. The zero-order chi connectivity index (χ0) is 17.1. The van der Waals surface area contributed by atoms with E-state index in [-0.39, 0.29) is 12.5 Å². The molecule has 0 spiro atoms. The van der Waals surface area contributed by atoms with Crippen LogP contribution in [0.5, 0.6) is 0 Å². The first-order valence-corrected chi connectivity index (χ1v) is 7.66. The molecule has 7 heteroatoms. The number of esters is 1. The van der Waals surface area contributed by atoms with Crippen molar-refractivity contribution in [2.45, 2.75) is 27.3 Å². The Kier molecular flexibility index (Phi) is 4.41. The van der Waals surface area contributed by atoms with E-state index in [2.05, 4.69) is 15.1 Å². The molecule has 24 heavy (non-hydrogen) atoms. The number of furan rings is 1. The highest BCUT2D eigenvalue weighted by molar-refractivity contribution is 5.92. The maximum atomic E-state index is 11.8. The van der Waals surface area contributed by atoms with Crippen LogP contribution in [0.25, 0.3) is 11.0 Å². The molecule has 7 nitrogen and oxygen atoms in total. The van der Waals surface area contributed by atoms with Crippen molar-refractivity contribution in [1.29, 1.82) is 0 Å². The number of aromatic nitrogens is 3. The van der Waals surface area contributed by atoms with Crippen LogP contribution in [-0.4, -0.2) is 33.6 Å². The van der Waals surface area contributed by atoms with E-state index in [0.717, 1.165) is 16.6 Å². The zero-order valence-electron chi connectivity index (χ0n) is 13.8. The lowest BCUT2D eigenvalue weighted by Gasteiger charge is -2.04. The molecule has 0 radical (unpaired) electrons. The SMILES string of the molecule is CCOC(=O)Cn1nc(N=Cc2ccco2)c2c(C)cc(C)nc21. The Hall–Kier alpha value is -2.96. The molecule has 3 aromatic heterocycles. The van der Waals surface area contributed by atoms with Gasteiger partial charge in [-0.2, -0.15) is 0 Å². The molecule has 0 atom stereocenters. The second kappa shape index (κ2) is 6.66. The van der Waals surface area contributed by atoms with Gasteiger partial charge >= 0.3 is 5.97 Å². The van der Waals surface area contributed by atoms with E-state index in [1.165, 1.54) is 4.68 Å². The number of nitrogens with zero attached hydrogens (tertiary/aromatic N) is 4. The Balaban J connectivity index is 2.06. The number of fused-ring (bicyclic) bond motifs is 1. The lowest BCUT2D eigenvalue weighted by Crippen LogP contribution is -2.14. The van der Waals surface area contributed by atoms with Gasteiger partial charge in [0.05, 0.1) is 24.5 Å². The Morgan fingerprint density at radius 3 is 3.00 bits per heavy atom. The van der Waals surface area contributed by atoms with Crippen LogP contribution >= 0.6 is 0 Å². The summed E-state index contributed by atoms with van der Waals surface area (Å²) in [7, 11) is 0. The summed E-state index contributed by atoms with van der Waals surface area (Å²) in [6, 6.07) is 5.55. The van der Waals surface area contributed by atoms with Gasteiger partial charge in [0.25, 0.3) is 0 Å². The average Bonchev–Trinajstić information content (AvgIpc) is 3.14. The third-order valence-electron chi connectivity index (χ3n) is 3.45. The van der Waals surface area contributed by atoms with E-state index >= 15 is 0 Å². The number of carbonyl (C=O) groups excluding carboxylic acids is 1. The summed E-state index contributed by atoms with van der Waals surface area (Å²) in [6.45, 7) is 5.97. The third-order valence-corrected chi connectivity index (χ3v) is 3.45. The van der Waals surface area contributed by atoms with Crippen molar-refractivity contribution in [3.63, 3.8) is 0 Å². The number of aliphatic imine (C=N–C) groups is 1. The standard InChI is InChI=1S/C17H18N4O3/c1-4-23-14(22)10-21-17-15(11(2)8-12(3)19-17)16(20-21)18-9-13-6-5-7-24-13/h5-9H,4,10H2,1-3H3. The summed E-state index contributed by atoms with van der Waals surface area (Å²) < 4.78 is 11.8. The van der Waals surface area contributed by atoms with Gasteiger partial charge in [-0.3, -0.25) is 4.79 Å². The van der Waals surface area contributed by atoms with Crippen LogP contribution in [0.3, 0.4) is 0 Å². The van der Waals surface area contributed by atoms with Gasteiger partial charge in [-0.05, 0) is 44.5 Å². The second-order valence-corrected chi connectivity index (χ2v) is 5.34. The lowest BCUT2D eigenvalue weighted by molar-refractivity contribution is -0.143. The number of hydrogen-bond acceptors (Lipinski definition) is 6. The van der Waals surface area contributed by atoms with Gasteiger partial charge in [0.1, 0.15) is 12.3 Å². The highest BCUT2D eigenvalue weighted by Gasteiger charge is 2.16. The highest BCUT2D eigenvalue weighted by atomic mass is 16.5. The molecule has 0 amide bonds. The molecule has 0 saturated heterocycles. The molecule has 3 rings (SSSR count). The first-order chi connectivity index (χ1) is 11.6. The van der Waals surface area contributed by atoms with Gasteiger partial charge in [0.2, 0.25) is 0 Å². The Bertz CT molecular complexity index is 894. The molecular weight excluding hydrogens is 308 g/mol. The van der Waals surface area contributed by atoms with Crippen molar-refractivity contribution in [3.05, 3.63) is 41.5 Å². The maximum Gasteiger partial charge on any atom is 0.327 e.